The zero-order valence-electron chi connectivity index (χ0n) is 11.9. The zero-order chi connectivity index (χ0) is 16.7. The largest absolute Gasteiger partial charge is 0.477 e. The normalized spacial score (nSPS) is 10.1. The van der Waals surface area contributed by atoms with E-state index in [4.69, 9.17) is 24.2 Å². The van der Waals surface area contributed by atoms with Gasteiger partial charge in [-0.3, -0.25) is 5.32 Å². The number of aliphatic hydroxyl groups excluding tert-OH is 1. The first-order chi connectivity index (χ1) is 11.1. The molecule has 1 heterocycles. The first-order valence-corrected chi connectivity index (χ1v) is 6.56. The van der Waals surface area contributed by atoms with Crippen LogP contribution >= 0.6 is 0 Å². The van der Waals surface area contributed by atoms with E-state index in [9.17, 15) is 9.59 Å². The Hall–Kier alpha value is -3.07. The molecule has 0 unspecified atom stereocenters. The van der Waals surface area contributed by atoms with Crippen molar-refractivity contribution in [2.24, 2.45) is 0 Å². The van der Waals surface area contributed by atoms with Crippen LogP contribution in [0.5, 0.6) is 5.88 Å². The molecule has 122 valence electrons. The molecule has 0 fully saturated rings. The summed E-state index contributed by atoms with van der Waals surface area (Å²) in [6, 6.07) is 8.95. The molecule has 9 nitrogen and oxygen atoms in total. The van der Waals surface area contributed by atoms with E-state index in [0.717, 1.165) is 5.56 Å². The molecule has 1 aromatic carbocycles. The van der Waals surface area contributed by atoms with E-state index in [0.29, 0.717) is 0 Å². The van der Waals surface area contributed by atoms with Crippen molar-refractivity contribution in [2.45, 2.75) is 6.61 Å². The highest BCUT2D eigenvalue weighted by Crippen LogP contribution is 2.26. The third kappa shape index (κ3) is 4.45. The Labute approximate surface area is 130 Å². The third-order valence-corrected chi connectivity index (χ3v) is 2.63. The van der Waals surface area contributed by atoms with Crippen molar-refractivity contribution in [2.75, 3.05) is 18.5 Å². The van der Waals surface area contributed by atoms with Gasteiger partial charge in [0, 0.05) is 0 Å². The number of ether oxygens (including phenoxy) is 2. The molecule has 0 saturated carbocycles. The van der Waals surface area contributed by atoms with Gasteiger partial charge in [-0.15, -0.1) is 0 Å². The topological polar surface area (TPSA) is 131 Å². The van der Waals surface area contributed by atoms with Crippen LogP contribution in [0.1, 0.15) is 15.9 Å². The number of carbonyl (C=O) groups is 2. The van der Waals surface area contributed by atoms with E-state index in [1.807, 2.05) is 6.07 Å². The van der Waals surface area contributed by atoms with Gasteiger partial charge in [-0.05, 0) is 10.7 Å². The van der Waals surface area contributed by atoms with Gasteiger partial charge in [-0.2, -0.15) is 0 Å². The fourth-order valence-corrected chi connectivity index (χ4v) is 1.64. The van der Waals surface area contributed by atoms with Crippen LogP contribution < -0.4 is 10.1 Å². The van der Waals surface area contributed by atoms with E-state index in [-0.39, 0.29) is 25.7 Å². The van der Waals surface area contributed by atoms with Gasteiger partial charge >= 0.3 is 12.1 Å². The first kappa shape index (κ1) is 16.3. The highest BCUT2D eigenvalue weighted by atomic mass is 16.6. The molecule has 0 atom stereocenters. The average Bonchev–Trinajstić information content (AvgIpc) is 2.94. The van der Waals surface area contributed by atoms with Crippen molar-refractivity contribution >= 4 is 17.9 Å². The van der Waals surface area contributed by atoms with Crippen LogP contribution in [0.3, 0.4) is 0 Å². The number of nitrogens with one attached hydrogen (secondary N) is 1. The fourth-order valence-electron chi connectivity index (χ4n) is 1.64. The van der Waals surface area contributed by atoms with Crippen molar-refractivity contribution < 1.29 is 33.8 Å². The number of aromatic nitrogens is 1. The molecule has 1 amide bonds. The van der Waals surface area contributed by atoms with E-state index in [1.165, 1.54) is 0 Å². The number of hydrogen-bond donors (Lipinski definition) is 3. The smallest absolute Gasteiger partial charge is 0.414 e. The zero-order valence-corrected chi connectivity index (χ0v) is 11.9. The Morgan fingerprint density at radius 3 is 2.65 bits per heavy atom. The number of anilines is 1. The minimum Gasteiger partial charge on any atom is -0.477 e. The second-order valence-corrected chi connectivity index (χ2v) is 4.26. The molecular formula is C14H14N2O7. The summed E-state index contributed by atoms with van der Waals surface area (Å²) in [6.07, 6.45) is -0.902. The number of rotatable bonds is 7. The monoisotopic (exact) mass is 322 g/mol. The Kier molecular flexibility index (Phi) is 5.53. The Morgan fingerprint density at radius 1 is 1.26 bits per heavy atom. The number of nitrogens with zero attached hydrogens (tertiary/aromatic N) is 1. The summed E-state index contributed by atoms with van der Waals surface area (Å²) < 4.78 is 14.6. The summed E-state index contributed by atoms with van der Waals surface area (Å²) in [5.41, 5.74) is 0.306. The molecular weight excluding hydrogens is 308 g/mol. The first-order valence-electron chi connectivity index (χ1n) is 6.56. The molecule has 0 aliphatic heterocycles. The van der Waals surface area contributed by atoms with Gasteiger partial charge in [0.25, 0.3) is 11.8 Å². The number of carbonyl (C=O) groups excluding carboxylic acids is 1. The minimum atomic E-state index is -1.41. The summed E-state index contributed by atoms with van der Waals surface area (Å²) in [7, 11) is 0. The summed E-state index contributed by atoms with van der Waals surface area (Å²) in [5.74, 6) is -2.16. The number of aliphatic hydroxyl groups is 1. The van der Waals surface area contributed by atoms with E-state index in [1.54, 1.807) is 24.3 Å². The molecule has 23 heavy (non-hydrogen) atoms. The van der Waals surface area contributed by atoms with Gasteiger partial charge in [0.1, 0.15) is 13.2 Å². The molecule has 0 radical (unpaired) electrons. The maximum Gasteiger partial charge on any atom is 0.414 e. The van der Waals surface area contributed by atoms with Gasteiger partial charge < -0.3 is 24.2 Å². The van der Waals surface area contributed by atoms with Crippen LogP contribution in [0.25, 0.3) is 0 Å². The molecule has 0 saturated heterocycles. The summed E-state index contributed by atoms with van der Waals surface area (Å²) >= 11 is 0. The molecule has 0 bridgehead atoms. The SMILES string of the molecule is O=C(Nc1onc(OCCO)c1C(=O)O)OCc1ccccc1. The predicted molar refractivity (Wildman–Crippen MR) is 76.3 cm³/mol. The minimum absolute atomic E-state index is 0.0110. The number of aromatic carboxylic acids is 1. The number of carboxylic acid groups (broad SMARTS) is 1. The summed E-state index contributed by atoms with van der Waals surface area (Å²) in [6.45, 7) is -0.477. The van der Waals surface area contributed by atoms with Crippen LogP contribution in [0.2, 0.25) is 0 Å². The molecule has 0 spiro atoms. The van der Waals surface area contributed by atoms with Gasteiger partial charge in [0.05, 0.1) is 6.61 Å². The van der Waals surface area contributed by atoms with Crippen molar-refractivity contribution in [3.8, 4) is 5.88 Å². The van der Waals surface area contributed by atoms with Gasteiger partial charge in [0.15, 0.2) is 5.56 Å². The number of amides is 1. The van der Waals surface area contributed by atoms with Crippen LogP contribution in [0.15, 0.2) is 34.9 Å². The van der Waals surface area contributed by atoms with Crippen LogP contribution in [-0.2, 0) is 11.3 Å². The number of benzene rings is 1. The Bertz CT molecular complexity index is 669. The standard InChI is InChI=1S/C14H14N2O7/c17-6-7-21-12-10(13(18)19)11(23-16-12)15-14(20)22-8-9-4-2-1-3-5-9/h1-5,17H,6-8H2,(H,15,20)(H,18,19). The number of carboxylic acids is 1. The Balaban J connectivity index is 2.00. The maximum absolute atomic E-state index is 11.7. The molecule has 0 aliphatic carbocycles. The maximum atomic E-state index is 11.7. The molecule has 2 rings (SSSR count). The van der Waals surface area contributed by atoms with E-state index in [2.05, 4.69) is 10.5 Å². The molecule has 9 heteroatoms. The van der Waals surface area contributed by atoms with Crippen LogP contribution in [0, 0.1) is 0 Å². The van der Waals surface area contributed by atoms with Crippen molar-refractivity contribution in [1.82, 2.24) is 5.16 Å². The second kappa shape index (κ2) is 7.80. The van der Waals surface area contributed by atoms with E-state index < -0.39 is 23.5 Å². The lowest BCUT2D eigenvalue weighted by Crippen LogP contribution is -2.15. The third-order valence-electron chi connectivity index (χ3n) is 2.63. The lowest BCUT2D eigenvalue weighted by Gasteiger charge is -2.05. The lowest BCUT2D eigenvalue weighted by atomic mass is 10.2. The summed E-state index contributed by atoms with van der Waals surface area (Å²) in [5, 5.41) is 23.3. The van der Waals surface area contributed by atoms with Gasteiger partial charge in [-0.25, -0.2) is 9.59 Å². The Morgan fingerprint density at radius 2 is 2.00 bits per heavy atom. The lowest BCUT2D eigenvalue weighted by molar-refractivity contribution is 0.0691. The number of hydrogen-bond acceptors (Lipinski definition) is 7. The highest BCUT2D eigenvalue weighted by molar-refractivity contribution is 5.98. The molecule has 2 aromatic rings. The molecule has 3 N–H and O–H groups in total. The van der Waals surface area contributed by atoms with Crippen molar-refractivity contribution in [3.05, 3.63) is 41.5 Å². The van der Waals surface area contributed by atoms with Crippen LogP contribution in [0.4, 0.5) is 10.7 Å². The highest BCUT2D eigenvalue weighted by Gasteiger charge is 2.26. The van der Waals surface area contributed by atoms with Gasteiger partial charge in [-0.1, -0.05) is 30.3 Å². The average molecular weight is 322 g/mol. The van der Waals surface area contributed by atoms with Crippen LogP contribution in [-0.4, -0.2) is 40.6 Å². The molecule has 1 aromatic heterocycles. The van der Waals surface area contributed by atoms with E-state index >= 15 is 0 Å². The quantitative estimate of drug-likeness (QED) is 0.698. The fraction of sp³-hybridized carbons (Fsp3) is 0.214. The van der Waals surface area contributed by atoms with Gasteiger partial charge in [0.2, 0.25) is 0 Å². The molecule has 0 aliphatic rings. The van der Waals surface area contributed by atoms with Crippen molar-refractivity contribution in [3.63, 3.8) is 0 Å². The predicted octanol–water partition coefficient (Wildman–Crippen LogP) is 1.49. The van der Waals surface area contributed by atoms with Crippen molar-refractivity contribution in [1.29, 1.82) is 0 Å². The second-order valence-electron chi connectivity index (χ2n) is 4.26. The summed E-state index contributed by atoms with van der Waals surface area (Å²) in [4.78, 5) is 22.9.